The fourth-order valence-corrected chi connectivity index (χ4v) is 1.46. The molecule has 0 spiro atoms. The SMILES string of the molecule is CCC1=CC(=O)N(NC(CS)C(=O)O)C1=O. The van der Waals surface area contributed by atoms with E-state index < -0.39 is 23.8 Å². The van der Waals surface area contributed by atoms with Crippen molar-refractivity contribution >= 4 is 30.4 Å². The van der Waals surface area contributed by atoms with Crippen LogP contribution in [0.3, 0.4) is 0 Å². The number of imide groups is 1. The van der Waals surface area contributed by atoms with Crippen LogP contribution in [0.1, 0.15) is 13.3 Å². The standard InChI is InChI=1S/C9H12N2O4S/c1-2-5-3-7(12)11(8(5)13)10-6(4-16)9(14)15/h3,6,10,16H,2,4H2,1H3,(H,14,15). The Hall–Kier alpha value is -1.34. The molecular weight excluding hydrogens is 232 g/mol. The highest BCUT2D eigenvalue weighted by atomic mass is 32.1. The number of carbonyl (C=O) groups is 3. The zero-order valence-electron chi connectivity index (χ0n) is 8.64. The first-order valence-electron chi connectivity index (χ1n) is 4.70. The molecule has 16 heavy (non-hydrogen) atoms. The highest BCUT2D eigenvalue weighted by Gasteiger charge is 2.32. The van der Waals surface area contributed by atoms with E-state index in [0.29, 0.717) is 17.0 Å². The lowest BCUT2D eigenvalue weighted by molar-refractivity contribution is -0.146. The Labute approximate surface area is 97.7 Å². The molecule has 0 saturated carbocycles. The predicted molar refractivity (Wildman–Crippen MR) is 58.6 cm³/mol. The van der Waals surface area contributed by atoms with Gasteiger partial charge in [-0.25, -0.2) is 10.4 Å². The van der Waals surface area contributed by atoms with E-state index in [0.717, 1.165) is 0 Å². The second-order valence-corrected chi connectivity index (χ2v) is 3.57. The lowest BCUT2D eigenvalue weighted by Crippen LogP contribution is -2.52. The van der Waals surface area contributed by atoms with Crippen molar-refractivity contribution in [2.45, 2.75) is 19.4 Å². The van der Waals surface area contributed by atoms with Gasteiger partial charge in [0.05, 0.1) is 0 Å². The van der Waals surface area contributed by atoms with Gasteiger partial charge in [-0.15, -0.1) is 0 Å². The zero-order valence-corrected chi connectivity index (χ0v) is 9.53. The van der Waals surface area contributed by atoms with E-state index in [1.807, 2.05) is 0 Å². The third-order valence-corrected chi connectivity index (χ3v) is 2.51. The molecule has 0 aromatic rings. The minimum absolute atomic E-state index is 0.0200. The Balaban J connectivity index is 2.74. The molecule has 0 aliphatic carbocycles. The van der Waals surface area contributed by atoms with Crippen LogP contribution in [0.4, 0.5) is 0 Å². The van der Waals surface area contributed by atoms with Crippen LogP contribution in [0.2, 0.25) is 0 Å². The van der Waals surface area contributed by atoms with Gasteiger partial charge in [-0.1, -0.05) is 6.92 Å². The van der Waals surface area contributed by atoms with E-state index in [2.05, 4.69) is 18.1 Å². The number of amides is 2. The van der Waals surface area contributed by atoms with Gasteiger partial charge in [0.1, 0.15) is 6.04 Å². The molecule has 2 amide bonds. The lowest BCUT2D eigenvalue weighted by atomic mass is 10.2. The summed E-state index contributed by atoms with van der Waals surface area (Å²) in [6.45, 7) is 1.74. The Morgan fingerprint density at radius 2 is 2.25 bits per heavy atom. The van der Waals surface area contributed by atoms with Gasteiger partial charge in [0.25, 0.3) is 11.8 Å². The maximum atomic E-state index is 11.6. The Bertz CT molecular complexity index is 367. The fourth-order valence-electron chi connectivity index (χ4n) is 1.22. The van der Waals surface area contributed by atoms with Crippen LogP contribution in [-0.2, 0) is 14.4 Å². The molecular formula is C9H12N2O4S. The number of nitrogens with zero attached hydrogens (tertiary/aromatic N) is 1. The summed E-state index contributed by atoms with van der Waals surface area (Å²) >= 11 is 3.82. The summed E-state index contributed by atoms with van der Waals surface area (Å²) in [5.74, 6) is -2.23. The van der Waals surface area contributed by atoms with Crippen molar-refractivity contribution in [3.05, 3.63) is 11.6 Å². The van der Waals surface area contributed by atoms with Gasteiger partial charge in [-0.05, 0) is 6.42 Å². The maximum Gasteiger partial charge on any atom is 0.323 e. The summed E-state index contributed by atoms with van der Waals surface area (Å²) in [6, 6.07) is -1.07. The van der Waals surface area contributed by atoms with Crippen LogP contribution in [0.25, 0.3) is 0 Å². The molecule has 6 nitrogen and oxygen atoms in total. The van der Waals surface area contributed by atoms with Gasteiger partial charge >= 0.3 is 5.97 Å². The van der Waals surface area contributed by atoms with E-state index in [-0.39, 0.29) is 5.75 Å². The van der Waals surface area contributed by atoms with Crippen molar-refractivity contribution in [3.63, 3.8) is 0 Å². The molecule has 1 aliphatic heterocycles. The Kier molecular flexibility index (Phi) is 4.08. The summed E-state index contributed by atoms with van der Waals surface area (Å²) in [4.78, 5) is 33.7. The monoisotopic (exact) mass is 244 g/mol. The zero-order chi connectivity index (χ0) is 12.3. The largest absolute Gasteiger partial charge is 0.480 e. The lowest BCUT2D eigenvalue weighted by Gasteiger charge is -2.20. The van der Waals surface area contributed by atoms with Crippen LogP contribution >= 0.6 is 12.6 Å². The summed E-state index contributed by atoms with van der Waals surface area (Å²) in [5.41, 5.74) is 2.70. The van der Waals surface area contributed by atoms with Crippen molar-refractivity contribution in [1.82, 2.24) is 10.4 Å². The van der Waals surface area contributed by atoms with Crippen LogP contribution in [0, 0.1) is 0 Å². The van der Waals surface area contributed by atoms with Gasteiger partial charge in [-0.2, -0.15) is 12.6 Å². The molecule has 1 aliphatic rings. The Morgan fingerprint density at radius 1 is 1.62 bits per heavy atom. The van der Waals surface area contributed by atoms with E-state index in [1.165, 1.54) is 6.08 Å². The average molecular weight is 244 g/mol. The average Bonchev–Trinajstić information content (AvgIpc) is 2.51. The molecule has 88 valence electrons. The highest BCUT2D eigenvalue weighted by Crippen LogP contribution is 2.13. The molecule has 0 bridgehead atoms. The predicted octanol–water partition coefficient (Wildman–Crippen LogP) is -0.421. The quantitative estimate of drug-likeness (QED) is 0.451. The van der Waals surface area contributed by atoms with E-state index in [4.69, 9.17) is 5.11 Å². The van der Waals surface area contributed by atoms with Gasteiger partial charge < -0.3 is 5.11 Å². The van der Waals surface area contributed by atoms with Gasteiger partial charge in [0.2, 0.25) is 0 Å². The van der Waals surface area contributed by atoms with Crippen molar-refractivity contribution in [2.75, 3.05) is 5.75 Å². The minimum Gasteiger partial charge on any atom is -0.480 e. The van der Waals surface area contributed by atoms with Crippen molar-refractivity contribution in [1.29, 1.82) is 0 Å². The number of carboxylic acids is 1. The van der Waals surface area contributed by atoms with Gasteiger partial charge in [0, 0.05) is 17.4 Å². The smallest absolute Gasteiger partial charge is 0.323 e. The summed E-state index contributed by atoms with van der Waals surface area (Å²) in [7, 11) is 0. The summed E-state index contributed by atoms with van der Waals surface area (Å²) in [5, 5.41) is 9.47. The van der Waals surface area contributed by atoms with Gasteiger partial charge in [0.15, 0.2) is 0 Å². The number of thiol groups is 1. The second kappa shape index (κ2) is 5.13. The van der Waals surface area contributed by atoms with Crippen molar-refractivity contribution in [3.8, 4) is 0 Å². The van der Waals surface area contributed by atoms with Crippen LogP contribution in [0.5, 0.6) is 0 Å². The Morgan fingerprint density at radius 3 is 2.62 bits per heavy atom. The number of hydrogen-bond donors (Lipinski definition) is 3. The molecule has 0 aromatic heterocycles. The molecule has 0 radical (unpaired) electrons. The normalized spacial score (nSPS) is 17.6. The molecule has 7 heteroatoms. The number of carbonyl (C=O) groups excluding carboxylic acids is 2. The number of nitrogens with one attached hydrogen (secondary N) is 1. The molecule has 1 rings (SSSR count). The van der Waals surface area contributed by atoms with E-state index >= 15 is 0 Å². The summed E-state index contributed by atoms with van der Waals surface area (Å²) < 4.78 is 0. The van der Waals surface area contributed by atoms with Crippen LogP contribution in [0.15, 0.2) is 11.6 Å². The maximum absolute atomic E-state index is 11.6. The fraction of sp³-hybridized carbons (Fsp3) is 0.444. The first-order chi connectivity index (χ1) is 7.51. The van der Waals surface area contributed by atoms with Crippen molar-refractivity contribution < 1.29 is 19.5 Å². The van der Waals surface area contributed by atoms with E-state index in [1.54, 1.807) is 6.92 Å². The molecule has 2 N–H and O–H groups in total. The third-order valence-electron chi connectivity index (χ3n) is 2.14. The van der Waals surface area contributed by atoms with Gasteiger partial charge in [-0.3, -0.25) is 14.4 Å². The molecule has 1 unspecified atom stereocenters. The number of carboxylic acid groups (broad SMARTS) is 1. The summed E-state index contributed by atoms with van der Waals surface area (Å²) in [6.07, 6.45) is 1.63. The second-order valence-electron chi connectivity index (χ2n) is 3.20. The van der Waals surface area contributed by atoms with Crippen molar-refractivity contribution in [2.24, 2.45) is 0 Å². The number of hydrazine groups is 1. The minimum atomic E-state index is -1.17. The molecule has 1 heterocycles. The molecule has 0 saturated heterocycles. The van der Waals surface area contributed by atoms with E-state index in [9.17, 15) is 14.4 Å². The van der Waals surface area contributed by atoms with Crippen LogP contribution < -0.4 is 5.43 Å². The first-order valence-corrected chi connectivity index (χ1v) is 5.33. The van der Waals surface area contributed by atoms with Crippen LogP contribution in [-0.4, -0.2) is 39.7 Å². The molecule has 1 atom stereocenters. The highest BCUT2D eigenvalue weighted by molar-refractivity contribution is 7.80. The topological polar surface area (TPSA) is 86.7 Å². The molecule has 0 aromatic carbocycles. The first kappa shape index (κ1) is 12.7. The number of aliphatic carboxylic acids is 1. The molecule has 0 fully saturated rings. The third kappa shape index (κ3) is 2.42. The number of hydrogen-bond acceptors (Lipinski definition) is 5. The number of rotatable bonds is 5.